The molecule has 1 aromatic heterocycles. The number of likely N-dealkylation sites (N-methyl/N-ethyl adjacent to an activating group) is 1. The molecule has 114 valence electrons. The first-order chi connectivity index (χ1) is 10.0. The van der Waals surface area contributed by atoms with Gasteiger partial charge in [0.1, 0.15) is 4.90 Å². The van der Waals surface area contributed by atoms with E-state index in [1.54, 1.807) is 7.05 Å². The van der Waals surface area contributed by atoms with E-state index in [0.717, 1.165) is 12.8 Å². The zero-order valence-electron chi connectivity index (χ0n) is 11.9. The SMILES string of the molecule is CN(CC1CCCO1)S(=O)(=O)c1cncc(C#CCN)c1. The number of ether oxygens (including phenoxy) is 1. The maximum Gasteiger partial charge on any atom is 0.244 e. The number of sulfonamides is 1. The van der Waals surface area contributed by atoms with Crippen LogP contribution >= 0.6 is 0 Å². The number of hydrogen-bond acceptors (Lipinski definition) is 5. The molecular weight excluding hydrogens is 290 g/mol. The minimum Gasteiger partial charge on any atom is -0.377 e. The maximum absolute atomic E-state index is 12.5. The molecular formula is C14H19N3O3S. The highest BCUT2D eigenvalue weighted by Gasteiger charge is 2.26. The molecule has 0 bridgehead atoms. The van der Waals surface area contributed by atoms with Crippen molar-refractivity contribution in [2.24, 2.45) is 5.73 Å². The average Bonchev–Trinajstić information content (AvgIpc) is 2.98. The van der Waals surface area contributed by atoms with Gasteiger partial charge in [0.05, 0.1) is 12.6 Å². The van der Waals surface area contributed by atoms with Crippen LogP contribution in [-0.4, -0.2) is 50.6 Å². The van der Waals surface area contributed by atoms with Gasteiger partial charge in [-0.1, -0.05) is 11.8 Å². The highest BCUT2D eigenvalue weighted by atomic mass is 32.2. The number of pyridine rings is 1. The quantitative estimate of drug-likeness (QED) is 0.803. The smallest absolute Gasteiger partial charge is 0.244 e. The number of nitrogens with zero attached hydrogens (tertiary/aromatic N) is 2. The first kappa shape index (κ1) is 15.9. The van der Waals surface area contributed by atoms with Gasteiger partial charge >= 0.3 is 0 Å². The normalized spacial score (nSPS) is 18.5. The standard InChI is InChI=1S/C14H19N3O3S/c1-17(11-13-5-3-7-20-13)21(18,19)14-8-12(4-2-6-15)9-16-10-14/h8-10,13H,3,5-7,11,15H2,1H3. The summed E-state index contributed by atoms with van der Waals surface area (Å²) in [5.41, 5.74) is 5.84. The van der Waals surface area contributed by atoms with Gasteiger partial charge in [-0.25, -0.2) is 8.42 Å². The van der Waals surface area contributed by atoms with E-state index < -0.39 is 10.0 Å². The summed E-state index contributed by atoms with van der Waals surface area (Å²) < 4.78 is 31.8. The molecule has 2 rings (SSSR count). The van der Waals surface area contributed by atoms with Crippen LogP contribution in [0.15, 0.2) is 23.4 Å². The van der Waals surface area contributed by atoms with E-state index in [1.165, 1.54) is 22.8 Å². The molecule has 0 saturated carbocycles. The Kier molecular flexibility index (Phi) is 5.31. The Balaban J connectivity index is 2.17. The summed E-state index contributed by atoms with van der Waals surface area (Å²) in [5.74, 6) is 5.46. The third-order valence-electron chi connectivity index (χ3n) is 3.24. The van der Waals surface area contributed by atoms with Crippen LogP contribution in [0.1, 0.15) is 18.4 Å². The Morgan fingerprint density at radius 1 is 1.52 bits per heavy atom. The van der Waals surface area contributed by atoms with Crippen LogP contribution in [0.4, 0.5) is 0 Å². The van der Waals surface area contributed by atoms with Crippen molar-refractivity contribution < 1.29 is 13.2 Å². The van der Waals surface area contributed by atoms with Gasteiger partial charge in [0.25, 0.3) is 0 Å². The molecule has 6 nitrogen and oxygen atoms in total. The van der Waals surface area contributed by atoms with Gasteiger partial charge in [0, 0.05) is 38.2 Å². The number of aromatic nitrogens is 1. The van der Waals surface area contributed by atoms with E-state index in [2.05, 4.69) is 16.8 Å². The average molecular weight is 309 g/mol. The van der Waals surface area contributed by atoms with Gasteiger partial charge in [-0.2, -0.15) is 4.31 Å². The first-order valence-corrected chi connectivity index (χ1v) is 8.20. The Hall–Kier alpha value is -1.46. The Bertz CT molecular complexity index is 643. The molecule has 0 aromatic carbocycles. The lowest BCUT2D eigenvalue weighted by Crippen LogP contribution is -2.34. The van der Waals surface area contributed by atoms with Crippen LogP contribution in [0.3, 0.4) is 0 Å². The van der Waals surface area contributed by atoms with Crippen molar-refractivity contribution in [2.45, 2.75) is 23.8 Å². The second kappa shape index (κ2) is 7.00. The van der Waals surface area contributed by atoms with Crippen molar-refractivity contribution in [3.63, 3.8) is 0 Å². The van der Waals surface area contributed by atoms with Crippen molar-refractivity contribution in [1.82, 2.24) is 9.29 Å². The lowest BCUT2D eigenvalue weighted by Gasteiger charge is -2.20. The minimum atomic E-state index is -3.58. The van der Waals surface area contributed by atoms with E-state index in [-0.39, 0.29) is 17.5 Å². The molecule has 0 radical (unpaired) electrons. The van der Waals surface area contributed by atoms with E-state index >= 15 is 0 Å². The summed E-state index contributed by atoms with van der Waals surface area (Å²) in [6.07, 6.45) is 4.68. The molecule has 0 amide bonds. The first-order valence-electron chi connectivity index (χ1n) is 6.76. The minimum absolute atomic E-state index is 0.0297. The zero-order chi connectivity index (χ0) is 15.3. The van der Waals surface area contributed by atoms with Crippen molar-refractivity contribution in [2.75, 3.05) is 26.7 Å². The van der Waals surface area contributed by atoms with Crippen LogP contribution in [0.2, 0.25) is 0 Å². The van der Waals surface area contributed by atoms with Gasteiger partial charge < -0.3 is 10.5 Å². The Labute approximate surface area is 125 Å². The largest absolute Gasteiger partial charge is 0.377 e. The van der Waals surface area contributed by atoms with Crippen LogP contribution in [0.5, 0.6) is 0 Å². The predicted octanol–water partition coefficient (Wildman–Crippen LogP) is 0.191. The molecule has 1 aliphatic rings. The summed E-state index contributed by atoms with van der Waals surface area (Å²) in [6.45, 7) is 1.27. The lowest BCUT2D eigenvalue weighted by atomic mass is 10.2. The van der Waals surface area contributed by atoms with Crippen molar-refractivity contribution in [3.05, 3.63) is 24.0 Å². The van der Waals surface area contributed by atoms with E-state index in [4.69, 9.17) is 10.5 Å². The molecule has 1 fully saturated rings. The number of hydrogen-bond donors (Lipinski definition) is 1. The summed E-state index contributed by atoms with van der Waals surface area (Å²) in [7, 11) is -2.03. The molecule has 2 heterocycles. The molecule has 21 heavy (non-hydrogen) atoms. The van der Waals surface area contributed by atoms with Crippen molar-refractivity contribution >= 4 is 10.0 Å². The molecule has 2 N–H and O–H groups in total. The summed E-state index contributed by atoms with van der Waals surface area (Å²) >= 11 is 0. The van der Waals surface area contributed by atoms with Crippen LogP contribution in [0.25, 0.3) is 0 Å². The highest BCUT2D eigenvalue weighted by Crippen LogP contribution is 2.18. The number of rotatable bonds is 4. The third-order valence-corrected chi connectivity index (χ3v) is 5.03. The highest BCUT2D eigenvalue weighted by molar-refractivity contribution is 7.89. The third kappa shape index (κ3) is 4.02. The summed E-state index contributed by atoms with van der Waals surface area (Å²) in [5, 5.41) is 0. The molecule has 0 spiro atoms. The van der Waals surface area contributed by atoms with Gasteiger partial charge in [-0.3, -0.25) is 4.98 Å². The second-order valence-corrected chi connectivity index (χ2v) is 6.88. The van der Waals surface area contributed by atoms with Crippen LogP contribution < -0.4 is 5.73 Å². The molecule has 0 aliphatic carbocycles. The summed E-state index contributed by atoms with van der Waals surface area (Å²) in [4.78, 5) is 4.07. The van der Waals surface area contributed by atoms with E-state index in [9.17, 15) is 8.42 Å². The predicted molar refractivity (Wildman–Crippen MR) is 79.0 cm³/mol. The Morgan fingerprint density at radius 3 is 3.00 bits per heavy atom. The molecule has 1 aliphatic heterocycles. The van der Waals surface area contributed by atoms with E-state index in [0.29, 0.717) is 18.7 Å². The fourth-order valence-corrected chi connectivity index (χ4v) is 3.33. The fraction of sp³-hybridized carbons (Fsp3) is 0.500. The molecule has 1 unspecified atom stereocenters. The van der Waals surface area contributed by atoms with Gasteiger partial charge in [0.2, 0.25) is 10.0 Å². The number of nitrogens with two attached hydrogens (primary N) is 1. The van der Waals surface area contributed by atoms with Gasteiger partial charge in [-0.15, -0.1) is 0 Å². The topological polar surface area (TPSA) is 85.5 Å². The molecule has 1 atom stereocenters. The van der Waals surface area contributed by atoms with Crippen LogP contribution in [0, 0.1) is 11.8 Å². The second-order valence-electron chi connectivity index (χ2n) is 4.84. The van der Waals surface area contributed by atoms with Crippen LogP contribution in [-0.2, 0) is 14.8 Å². The fourth-order valence-electron chi connectivity index (χ4n) is 2.13. The molecule has 1 saturated heterocycles. The molecule has 1 aromatic rings. The molecule has 7 heteroatoms. The van der Waals surface area contributed by atoms with Gasteiger partial charge in [0.15, 0.2) is 0 Å². The van der Waals surface area contributed by atoms with E-state index in [1.807, 2.05) is 0 Å². The Morgan fingerprint density at radius 2 is 2.33 bits per heavy atom. The zero-order valence-corrected chi connectivity index (χ0v) is 12.8. The maximum atomic E-state index is 12.5. The lowest BCUT2D eigenvalue weighted by molar-refractivity contribution is 0.0979. The summed E-state index contributed by atoms with van der Waals surface area (Å²) in [6, 6.07) is 1.51. The van der Waals surface area contributed by atoms with Gasteiger partial charge in [-0.05, 0) is 18.9 Å². The van der Waals surface area contributed by atoms with Crippen molar-refractivity contribution in [3.8, 4) is 11.8 Å². The van der Waals surface area contributed by atoms with Crippen molar-refractivity contribution in [1.29, 1.82) is 0 Å². The monoisotopic (exact) mass is 309 g/mol.